The number of nitrogens with zero attached hydrogens (tertiary/aromatic N) is 2. The smallest absolute Gasteiger partial charge is 0.261 e. The highest BCUT2D eigenvalue weighted by molar-refractivity contribution is 6.25. The first kappa shape index (κ1) is 13.3. The van der Waals surface area contributed by atoms with E-state index in [1.54, 1.807) is 12.1 Å². The number of hydrogen-bond acceptors (Lipinski definition) is 3. The second kappa shape index (κ2) is 5.02. The van der Waals surface area contributed by atoms with Gasteiger partial charge in [-0.15, -0.1) is 0 Å². The van der Waals surface area contributed by atoms with E-state index in [1.165, 1.54) is 4.90 Å². The van der Waals surface area contributed by atoms with Gasteiger partial charge in [-0.3, -0.25) is 14.5 Å². The molecule has 1 atom stereocenters. The summed E-state index contributed by atoms with van der Waals surface area (Å²) in [5.41, 5.74) is 1.08. The summed E-state index contributed by atoms with van der Waals surface area (Å²) in [5.74, 6) is -0.599. The van der Waals surface area contributed by atoms with Crippen molar-refractivity contribution in [2.75, 3.05) is 0 Å². The molecule has 1 unspecified atom stereocenters. The maximum absolute atomic E-state index is 12.7. The van der Waals surface area contributed by atoms with Gasteiger partial charge in [0.2, 0.25) is 0 Å². The molecule has 0 saturated carbocycles. The SMILES string of the molecule is CCC(CC#N)N1C(=O)c2cccc3cccc(c23)C1=O. The first-order valence-electron chi connectivity index (χ1n) is 6.95. The lowest BCUT2D eigenvalue weighted by atomic mass is 9.92. The molecular weight excluding hydrogens is 264 g/mol. The highest BCUT2D eigenvalue weighted by Crippen LogP contribution is 2.31. The van der Waals surface area contributed by atoms with Crippen LogP contribution in [0.4, 0.5) is 0 Å². The van der Waals surface area contributed by atoms with Crippen LogP contribution in [0.2, 0.25) is 0 Å². The number of hydrogen-bond donors (Lipinski definition) is 0. The van der Waals surface area contributed by atoms with Crippen molar-refractivity contribution >= 4 is 22.6 Å². The molecule has 4 nitrogen and oxygen atoms in total. The topological polar surface area (TPSA) is 61.2 Å². The van der Waals surface area contributed by atoms with E-state index in [0.717, 1.165) is 10.8 Å². The van der Waals surface area contributed by atoms with Gasteiger partial charge < -0.3 is 0 Å². The van der Waals surface area contributed by atoms with Crippen molar-refractivity contribution in [3.63, 3.8) is 0 Å². The Bertz CT molecular complexity index is 738. The summed E-state index contributed by atoms with van der Waals surface area (Å²) in [4.78, 5) is 26.6. The fourth-order valence-corrected chi connectivity index (χ4v) is 2.90. The normalized spacial score (nSPS) is 15.1. The van der Waals surface area contributed by atoms with E-state index >= 15 is 0 Å². The summed E-state index contributed by atoms with van der Waals surface area (Å²) in [6, 6.07) is 12.6. The number of carbonyl (C=O) groups excluding carboxylic acids is 2. The summed E-state index contributed by atoms with van der Waals surface area (Å²) >= 11 is 0. The van der Waals surface area contributed by atoms with Gasteiger partial charge in [0, 0.05) is 16.5 Å². The van der Waals surface area contributed by atoms with Crippen LogP contribution >= 0.6 is 0 Å². The first-order valence-corrected chi connectivity index (χ1v) is 6.95. The molecule has 1 aliphatic heterocycles. The van der Waals surface area contributed by atoms with Crippen molar-refractivity contribution in [1.82, 2.24) is 4.90 Å². The predicted molar refractivity (Wildman–Crippen MR) is 78.8 cm³/mol. The summed E-state index contributed by atoms with van der Waals surface area (Å²) in [6.45, 7) is 1.88. The molecule has 2 aromatic carbocycles. The molecule has 0 saturated heterocycles. The molecule has 3 rings (SSSR count). The fraction of sp³-hybridized carbons (Fsp3) is 0.235. The van der Waals surface area contributed by atoms with Crippen LogP contribution in [0, 0.1) is 11.3 Å². The first-order chi connectivity index (χ1) is 10.2. The molecule has 2 amide bonds. The zero-order valence-corrected chi connectivity index (χ0v) is 11.7. The Morgan fingerprint density at radius 1 is 1.10 bits per heavy atom. The van der Waals surface area contributed by atoms with Crippen LogP contribution < -0.4 is 0 Å². The lowest BCUT2D eigenvalue weighted by Crippen LogP contribution is -2.46. The second-order valence-corrected chi connectivity index (χ2v) is 5.11. The van der Waals surface area contributed by atoms with Gasteiger partial charge in [-0.2, -0.15) is 5.26 Å². The summed E-state index contributed by atoms with van der Waals surface area (Å²) in [5, 5.41) is 10.5. The molecule has 0 radical (unpaired) electrons. The van der Waals surface area contributed by atoms with Crippen molar-refractivity contribution in [3.8, 4) is 6.07 Å². The molecule has 0 fully saturated rings. The third-order valence-electron chi connectivity index (χ3n) is 3.97. The van der Waals surface area contributed by atoms with E-state index in [9.17, 15) is 9.59 Å². The maximum atomic E-state index is 12.7. The van der Waals surface area contributed by atoms with Crippen molar-refractivity contribution in [2.24, 2.45) is 0 Å². The molecule has 0 aliphatic carbocycles. The van der Waals surface area contributed by atoms with Crippen molar-refractivity contribution < 1.29 is 9.59 Å². The summed E-state index contributed by atoms with van der Waals surface area (Å²) in [7, 11) is 0. The molecule has 1 heterocycles. The molecule has 1 aliphatic rings. The van der Waals surface area contributed by atoms with Crippen LogP contribution in [-0.2, 0) is 0 Å². The number of nitriles is 1. The molecule has 0 spiro atoms. The van der Waals surface area contributed by atoms with Gasteiger partial charge in [0.25, 0.3) is 11.8 Å². The standard InChI is InChI=1S/C17H14N2O2/c1-2-12(9-10-18)19-16(20)13-7-3-5-11-6-4-8-14(15(11)13)17(19)21/h3-8,12H,2,9H2,1H3. The molecule has 104 valence electrons. The van der Waals surface area contributed by atoms with Gasteiger partial charge in [0.1, 0.15) is 0 Å². The van der Waals surface area contributed by atoms with Gasteiger partial charge in [-0.05, 0) is 23.9 Å². The highest BCUT2D eigenvalue weighted by Gasteiger charge is 2.36. The van der Waals surface area contributed by atoms with Crippen LogP contribution in [0.1, 0.15) is 40.5 Å². The molecule has 0 N–H and O–H groups in total. The van der Waals surface area contributed by atoms with Crippen LogP contribution in [0.3, 0.4) is 0 Å². The van der Waals surface area contributed by atoms with Crippen LogP contribution in [-0.4, -0.2) is 22.8 Å². The minimum absolute atomic E-state index is 0.159. The van der Waals surface area contributed by atoms with Gasteiger partial charge in [0.05, 0.1) is 18.5 Å². The Morgan fingerprint density at radius 2 is 1.67 bits per heavy atom. The molecule has 21 heavy (non-hydrogen) atoms. The van der Waals surface area contributed by atoms with Crippen molar-refractivity contribution in [3.05, 3.63) is 47.5 Å². The average Bonchev–Trinajstić information content (AvgIpc) is 2.51. The van der Waals surface area contributed by atoms with Crippen LogP contribution in [0.25, 0.3) is 10.8 Å². The van der Waals surface area contributed by atoms with Crippen molar-refractivity contribution in [2.45, 2.75) is 25.8 Å². The van der Waals surface area contributed by atoms with Gasteiger partial charge in [-0.1, -0.05) is 31.2 Å². The fourth-order valence-electron chi connectivity index (χ4n) is 2.90. The largest absolute Gasteiger partial charge is 0.270 e. The third-order valence-corrected chi connectivity index (χ3v) is 3.97. The average molecular weight is 278 g/mol. The Balaban J connectivity index is 2.22. The van der Waals surface area contributed by atoms with E-state index in [-0.39, 0.29) is 24.3 Å². The zero-order chi connectivity index (χ0) is 15.0. The maximum Gasteiger partial charge on any atom is 0.261 e. The number of carbonyl (C=O) groups is 2. The van der Waals surface area contributed by atoms with Gasteiger partial charge in [0.15, 0.2) is 0 Å². The minimum atomic E-state index is -0.376. The summed E-state index contributed by atoms with van der Waals surface area (Å²) < 4.78 is 0. The van der Waals surface area contributed by atoms with Crippen LogP contribution in [0.5, 0.6) is 0 Å². The Morgan fingerprint density at radius 3 is 2.14 bits per heavy atom. The second-order valence-electron chi connectivity index (χ2n) is 5.11. The molecule has 4 heteroatoms. The van der Waals surface area contributed by atoms with E-state index < -0.39 is 0 Å². The monoisotopic (exact) mass is 278 g/mol. The van der Waals surface area contributed by atoms with Crippen molar-refractivity contribution in [1.29, 1.82) is 5.26 Å². The molecule has 2 aromatic rings. The third kappa shape index (κ3) is 1.90. The molecule has 0 bridgehead atoms. The van der Waals surface area contributed by atoms with Crippen LogP contribution in [0.15, 0.2) is 36.4 Å². The number of imide groups is 1. The molecule has 0 aromatic heterocycles. The van der Waals surface area contributed by atoms with Gasteiger partial charge in [-0.25, -0.2) is 0 Å². The van der Waals surface area contributed by atoms with E-state index in [4.69, 9.17) is 5.26 Å². The zero-order valence-electron chi connectivity index (χ0n) is 11.7. The van der Waals surface area contributed by atoms with E-state index in [0.29, 0.717) is 17.5 Å². The van der Waals surface area contributed by atoms with Gasteiger partial charge >= 0.3 is 0 Å². The number of amides is 2. The van der Waals surface area contributed by atoms with E-state index in [2.05, 4.69) is 6.07 Å². The Labute approximate surface area is 122 Å². The lowest BCUT2D eigenvalue weighted by molar-refractivity contribution is 0.0537. The predicted octanol–water partition coefficient (Wildman–Crippen LogP) is 3.13. The Kier molecular flexibility index (Phi) is 3.19. The van der Waals surface area contributed by atoms with E-state index in [1.807, 2.05) is 31.2 Å². The molecular formula is C17H14N2O2. The lowest BCUT2D eigenvalue weighted by Gasteiger charge is -2.32. The number of benzene rings is 2. The summed E-state index contributed by atoms with van der Waals surface area (Å²) in [6.07, 6.45) is 0.731. The highest BCUT2D eigenvalue weighted by atomic mass is 16.2. The quantitative estimate of drug-likeness (QED) is 0.810. The Hall–Kier alpha value is -2.67. The minimum Gasteiger partial charge on any atom is -0.270 e. The number of rotatable bonds is 3.